The van der Waals surface area contributed by atoms with Gasteiger partial charge in [-0.1, -0.05) is 6.07 Å². The number of hydrogen-bond acceptors (Lipinski definition) is 8. The number of carboxylic acids is 1. The Hall–Kier alpha value is -2.69. The fourth-order valence-corrected chi connectivity index (χ4v) is 4.99. The van der Waals surface area contributed by atoms with Crippen LogP contribution < -0.4 is 4.90 Å². The van der Waals surface area contributed by atoms with Crippen molar-refractivity contribution in [3.63, 3.8) is 0 Å². The van der Waals surface area contributed by atoms with Gasteiger partial charge in [-0.3, -0.25) is 4.57 Å². The maximum atomic E-state index is 11.1. The molecule has 0 bridgehead atoms. The van der Waals surface area contributed by atoms with Crippen molar-refractivity contribution in [3.05, 3.63) is 52.9 Å². The molecule has 10 heteroatoms. The van der Waals surface area contributed by atoms with Crippen LogP contribution >= 0.6 is 34.4 Å². The van der Waals surface area contributed by atoms with Crippen LogP contribution in [0.25, 0.3) is 16.4 Å². The summed E-state index contributed by atoms with van der Waals surface area (Å²) in [5.74, 6) is -0.241. The molecule has 7 nitrogen and oxygen atoms in total. The van der Waals surface area contributed by atoms with E-state index < -0.39 is 5.97 Å². The van der Waals surface area contributed by atoms with Crippen LogP contribution in [0.3, 0.4) is 0 Å². The quantitative estimate of drug-likeness (QED) is 0.487. The van der Waals surface area contributed by atoms with Gasteiger partial charge in [-0.05, 0) is 47.5 Å². The maximum absolute atomic E-state index is 11.1. The Morgan fingerprint density at radius 2 is 1.96 bits per heavy atom. The molecular weight excluding hydrogens is 414 g/mol. The molecule has 0 aliphatic carbocycles. The summed E-state index contributed by atoms with van der Waals surface area (Å²) >= 11 is 4.01. The number of anilines is 1. The highest BCUT2D eigenvalue weighted by molar-refractivity contribution is 8.00. The van der Waals surface area contributed by atoms with E-state index >= 15 is 0 Å². The van der Waals surface area contributed by atoms with Crippen LogP contribution in [-0.2, 0) is 0 Å². The van der Waals surface area contributed by atoms with Gasteiger partial charge in [0.15, 0.2) is 10.2 Å². The molecule has 0 saturated carbocycles. The van der Waals surface area contributed by atoms with E-state index in [1.165, 1.54) is 18.0 Å². The van der Waals surface area contributed by atoms with Gasteiger partial charge in [0.2, 0.25) is 5.16 Å². The Labute approximate surface area is 173 Å². The van der Waals surface area contributed by atoms with Gasteiger partial charge in [0.05, 0.1) is 11.1 Å². The predicted molar refractivity (Wildman–Crippen MR) is 112 cm³/mol. The van der Waals surface area contributed by atoms with Gasteiger partial charge in [-0.2, -0.15) is 0 Å². The second-order valence-electron chi connectivity index (χ2n) is 5.93. The highest BCUT2D eigenvalue weighted by Crippen LogP contribution is 2.35. The Kier molecular flexibility index (Phi) is 5.16. The topological polar surface area (TPSA) is 84.1 Å². The van der Waals surface area contributed by atoms with E-state index in [1.54, 1.807) is 11.3 Å². The minimum absolute atomic E-state index is 0.197. The number of nitrogens with zero attached hydrogens (tertiary/aromatic N) is 5. The molecule has 0 fully saturated rings. The fraction of sp³-hybridized carbons (Fsp3) is 0.111. The number of benzene rings is 1. The van der Waals surface area contributed by atoms with E-state index in [-0.39, 0.29) is 4.88 Å². The van der Waals surface area contributed by atoms with Crippen LogP contribution in [0.15, 0.2) is 57.5 Å². The van der Waals surface area contributed by atoms with Crippen molar-refractivity contribution >= 4 is 46.1 Å². The Morgan fingerprint density at radius 1 is 1.18 bits per heavy atom. The number of hydrogen-bond donors (Lipinski definition) is 1. The van der Waals surface area contributed by atoms with E-state index in [2.05, 4.69) is 15.2 Å². The molecule has 1 aromatic carbocycles. The molecule has 0 aliphatic heterocycles. The van der Waals surface area contributed by atoms with Crippen molar-refractivity contribution in [1.82, 2.24) is 19.7 Å². The van der Waals surface area contributed by atoms with Gasteiger partial charge in [0.1, 0.15) is 4.88 Å². The molecular formula is C18H15N5O2S3. The van der Waals surface area contributed by atoms with E-state index in [1.807, 2.05) is 65.3 Å². The molecule has 0 atom stereocenters. The molecule has 0 saturated heterocycles. The van der Waals surface area contributed by atoms with Crippen molar-refractivity contribution in [2.75, 3.05) is 19.0 Å². The van der Waals surface area contributed by atoms with Crippen LogP contribution in [0, 0.1) is 0 Å². The summed E-state index contributed by atoms with van der Waals surface area (Å²) in [7, 11) is 3.99. The fourth-order valence-electron chi connectivity index (χ4n) is 2.52. The van der Waals surface area contributed by atoms with Crippen LogP contribution in [-0.4, -0.2) is 44.9 Å². The van der Waals surface area contributed by atoms with Crippen LogP contribution in [0.4, 0.5) is 5.69 Å². The van der Waals surface area contributed by atoms with E-state index in [0.29, 0.717) is 9.50 Å². The lowest BCUT2D eigenvalue weighted by Gasteiger charge is -2.14. The molecule has 0 unspecified atom stereocenters. The van der Waals surface area contributed by atoms with E-state index in [4.69, 9.17) is 5.11 Å². The summed E-state index contributed by atoms with van der Waals surface area (Å²) in [6.07, 6.45) is 1.36. The SMILES string of the molecule is CN(C)c1ccc(-n2c(Sc3ncc(C(=O)O)s3)nnc2-c2cccs2)cc1. The standard InChI is InChI=1S/C18H15N5O2S3/c1-22(2)11-5-7-12(8-6-11)23-15(13-4-3-9-26-13)20-21-17(23)28-18-19-10-14(27-18)16(24)25/h3-10H,1-2H3,(H,24,25). The molecule has 142 valence electrons. The number of aromatic nitrogens is 4. The molecule has 3 aromatic heterocycles. The summed E-state index contributed by atoms with van der Waals surface area (Å²) in [6.45, 7) is 0. The number of aromatic carboxylic acids is 1. The van der Waals surface area contributed by atoms with Crippen LogP contribution in [0.2, 0.25) is 0 Å². The summed E-state index contributed by atoms with van der Waals surface area (Å²) < 4.78 is 2.58. The predicted octanol–water partition coefficient (Wildman–Crippen LogP) is 4.37. The Balaban J connectivity index is 1.77. The first kappa shape index (κ1) is 18.7. The van der Waals surface area contributed by atoms with E-state index in [9.17, 15) is 4.79 Å². The Bertz CT molecular complexity index is 1100. The normalized spacial score (nSPS) is 10.9. The molecule has 0 spiro atoms. The first-order valence-electron chi connectivity index (χ1n) is 8.17. The maximum Gasteiger partial charge on any atom is 0.347 e. The van der Waals surface area contributed by atoms with Gasteiger partial charge in [0, 0.05) is 25.5 Å². The second-order valence-corrected chi connectivity index (χ2v) is 9.12. The Morgan fingerprint density at radius 3 is 2.57 bits per heavy atom. The minimum Gasteiger partial charge on any atom is -0.477 e. The number of rotatable bonds is 6. The summed E-state index contributed by atoms with van der Waals surface area (Å²) in [4.78, 5) is 18.6. The second kappa shape index (κ2) is 7.74. The largest absolute Gasteiger partial charge is 0.477 e. The van der Waals surface area contributed by atoms with Gasteiger partial charge >= 0.3 is 5.97 Å². The molecule has 4 aromatic rings. The van der Waals surface area contributed by atoms with Crippen molar-refractivity contribution in [2.45, 2.75) is 9.50 Å². The number of thiazole rings is 1. The monoisotopic (exact) mass is 429 g/mol. The van der Waals surface area contributed by atoms with Gasteiger partial charge in [0.25, 0.3) is 0 Å². The molecule has 0 radical (unpaired) electrons. The molecule has 0 amide bonds. The zero-order chi connectivity index (χ0) is 19.7. The van der Waals surface area contributed by atoms with Gasteiger partial charge in [-0.15, -0.1) is 32.9 Å². The molecule has 4 rings (SSSR count). The van der Waals surface area contributed by atoms with Crippen LogP contribution in [0.5, 0.6) is 0 Å². The zero-order valence-corrected chi connectivity index (χ0v) is 17.4. The zero-order valence-electron chi connectivity index (χ0n) is 14.9. The lowest BCUT2D eigenvalue weighted by atomic mass is 10.2. The molecule has 1 N–H and O–H groups in total. The summed E-state index contributed by atoms with van der Waals surface area (Å²) in [6, 6.07) is 12.1. The molecule has 0 aliphatic rings. The number of thiophene rings is 1. The number of carbonyl (C=O) groups is 1. The van der Waals surface area contributed by atoms with Crippen molar-refractivity contribution in [2.24, 2.45) is 0 Å². The third kappa shape index (κ3) is 3.66. The average Bonchev–Trinajstić information content (AvgIpc) is 3.42. The third-order valence-corrected chi connectivity index (χ3v) is 6.75. The first-order valence-corrected chi connectivity index (χ1v) is 10.7. The molecule has 28 heavy (non-hydrogen) atoms. The smallest absolute Gasteiger partial charge is 0.347 e. The highest BCUT2D eigenvalue weighted by atomic mass is 32.2. The van der Waals surface area contributed by atoms with Crippen molar-refractivity contribution in [3.8, 4) is 16.4 Å². The summed E-state index contributed by atoms with van der Waals surface area (Å²) in [5.41, 5.74) is 2.02. The highest BCUT2D eigenvalue weighted by Gasteiger charge is 2.19. The minimum atomic E-state index is -0.982. The van der Waals surface area contributed by atoms with Crippen molar-refractivity contribution < 1.29 is 9.90 Å². The van der Waals surface area contributed by atoms with Gasteiger partial charge < -0.3 is 10.0 Å². The number of carboxylic acid groups (broad SMARTS) is 1. The van der Waals surface area contributed by atoms with Crippen LogP contribution in [0.1, 0.15) is 9.67 Å². The lowest BCUT2D eigenvalue weighted by Crippen LogP contribution is -2.08. The van der Waals surface area contributed by atoms with Gasteiger partial charge in [-0.25, -0.2) is 9.78 Å². The average molecular weight is 430 g/mol. The lowest BCUT2D eigenvalue weighted by molar-refractivity contribution is 0.0702. The first-order chi connectivity index (χ1) is 13.5. The molecule has 3 heterocycles. The third-order valence-electron chi connectivity index (χ3n) is 3.87. The summed E-state index contributed by atoms with van der Waals surface area (Å²) in [5, 5.41) is 20.5. The van der Waals surface area contributed by atoms with Crippen molar-refractivity contribution in [1.29, 1.82) is 0 Å². The van der Waals surface area contributed by atoms with E-state index in [0.717, 1.165) is 33.4 Å².